The summed E-state index contributed by atoms with van der Waals surface area (Å²) >= 11 is 0. The van der Waals surface area contributed by atoms with Crippen LogP contribution in [0.4, 0.5) is 0 Å². The molecule has 0 spiro atoms. The van der Waals surface area contributed by atoms with Crippen LogP contribution in [0.15, 0.2) is 36.5 Å². The minimum atomic E-state index is -0.0202. The van der Waals surface area contributed by atoms with Crippen LogP contribution >= 0.6 is 0 Å². The fourth-order valence-electron chi connectivity index (χ4n) is 6.34. The van der Waals surface area contributed by atoms with Gasteiger partial charge in [-0.05, 0) is 86.8 Å². The molecule has 4 saturated carbocycles. The third-order valence-corrected chi connectivity index (χ3v) is 7.24. The molecule has 4 fully saturated rings. The molecule has 4 bridgehead atoms. The molecule has 1 amide bonds. The number of rotatable bonds is 4. The van der Waals surface area contributed by atoms with Crippen LogP contribution in [0.5, 0.6) is 0 Å². The lowest BCUT2D eigenvalue weighted by atomic mass is 9.48. The number of nitrogens with one attached hydrogen (secondary N) is 1. The van der Waals surface area contributed by atoms with E-state index in [1.807, 2.05) is 24.3 Å². The van der Waals surface area contributed by atoms with E-state index in [0.29, 0.717) is 11.1 Å². The summed E-state index contributed by atoms with van der Waals surface area (Å²) in [6, 6.07) is 8.02. The van der Waals surface area contributed by atoms with Crippen LogP contribution in [0.3, 0.4) is 0 Å². The van der Waals surface area contributed by atoms with Crippen LogP contribution in [0, 0.1) is 23.2 Å². The van der Waals surface area contributed by atoms with Crippen molar-refractivity contribution in [3.8, 4) is 0 Å². The Bertz CT molecular complexity index is 868. The highest BCUT2D eigenvalue weighted by molar-refractivity contribution is 5.92. The van der Waals surface area contributed by atoms with Crippen molar-refractivity contribution in [2.75, 3.05) is 0 Å². The van der Waals surface area contributed by atoms with Gasteiger partial charge in [-0.2, -0.15) is 0 Å². The Labute approximate surface area is 160 Å². The number of carbonyl (C=O) groups excluding carboxylic acids is 1. The molecule has 1 aromatic heterocycles. The maximum Gasteiger partial charge on any atom is 0.244 e. The molecule has 6 rings (SSSR count). The Morgan fingerprint density at radius 2 is 1.74 bits per heavy atom. The Balaban J connectivity index is 1.26. The zero-order chi connectivity index (χ0) is 18.4. The number of para-hydroxylation sites is 2. The number of amides is 1. The van der Waals surface area contributed by atoms with Gasteiger partial charge in [0.2, 0.25) is 5.91 Å². The molecular weight excluding hydrogens is 334 g/mol. The average molecular weight is 361 g/mol. The summed E-state index contributed by atoms with van der Waals surface area (Å²) in [7, 11) is 0. The monoisotopic (exact) mass is 361 g/mol. The van der Waals surface area contributed by atoms with E-state index in [1.165, 1.54) is 38.5 Å². The highest BCUT2D eigenvalue weighted by atomic mass is 16.1. The second-order valence-electron chi connectivity index (χ2n) is 9.13. The first-order valence-corrected chi connectivity index (χ1v) is 10.3. The quantitative estimate of drug-likeness (QED) is 0.823. The van der Waals surface area contributed by atoms with Crippen LogP contribution in [0.25, 0.3) is 17.1 Å². The molecule has 1 N–H and O–H groups in total. The molecule has 4 nitrogen and oxygen atoms in total. The van der Waals surface area contributed by atoms with Gasteiger partial charge in [0.15, 0.2) is 0 Å². The van der Waals surface area contributed by atoms with Gasteiger partial charge in [0, 0.05) is 12.1 Å². The smallest absolute Gasteiger partial charge is 0.244 e. The highest BCUT2D eigenvalue weighted by Gasteiger charge is 2.53. The van der Waals surface area contributed by atoms with E-state index < -0.39 is 0 Å². The van der Waals surface area contributed by atoms with Crippen LogP contribution in [0.1, 0.15) is 51.1 Å². The zero-order valence-corrected chi connectivity index (χ0v) is 15.9. The molecule has 4 heteroatoms. The standard InChI is InChI=1S/C23H27N3O/c1-15(23-11-16-8-17(12-23)10-18(9-16)13-23)25-22(27)7-6-19-14-24-20-4-2-3-5-21(20)26-19/h2-7,14-18H,8-13H2,1H3,(H,25,27)/b7-6+. The number of fused-ring (bicyclic) bond motifs is 1. The SMILES string of the molecule is CC(NC(=O)/C=C/c1cnc2ccccc2n1)C12CC3CC(CC(C3)C1)C2. The van der Waals surface area contributed by atoms with Gasteiger partial charge in [-0.3, -0.25) is 9.78 Å². The van der Waals surface area contributed by atoms with Crippen molar-refractivity contribution in [2.45, 2.75) is 51.5 Å². The Hall–Kier alpha value is -2.23. The molecule has 0 saturated heterocycles. The van der Waals surface area contributed by atoms with Gasteiger partial charge in [0.05, 0.1) is 22.9 Å². The lowest BCUT2D eigenvalue weighted by molar-refractivity contribution is -0.121. The maximum absolute atomic E-state index is 12.5. The first-order chi connectivity index (χ1) is 13.1. The summed E-state index contributed by atoms with van der Waals surface area (Å²) in [5, 5.41) is 3.27. The molecule has 1 atom stereocenters. The van der Waals surface area contributed by atoms with Crippen LogP contribution < -0.4 is 5.32 Å². The number of hydrogen-bond acceptors (Lipinski definition) is 3. The normalized spacial score (nSPS) is 32.9. The van der Waals surface area contributed by atoms with Gasteiger partial charge in [0.25, 0.3) is 0 Å². The molecule has 1 unspecified atom stereocenters. The van der Waals surface area contributed by atoms with Crippen molar-refractivity contribution in [3.05, 3.63) is 42.2 Å². The Morgan fingerprint density at radius 1 is 1.11 bits per heavy atom. The van der Waals surface area contributed by atoms with Gasteiger partial charge in [-0.25, -0.2) is 4.98 Å². The topological polar surface area (TPSA) is 54.9 Å². The summed E-state index contributed by atoms with van der Waals surface area (Å²) in [5.41, 5.74) is 2.77. The molecular formula is C23H27N3O. The van der Waals surface area contributed by atoms with Crippen LogP contribution in [-0.4, -0.2) is 21.9 Å². The molecule has 140 valence electrons. The van der Waals surface area contributed by atoms with Crippen molar-refractivity contribution >= 4 is 23.0 Å². The van der Waals surface area contributed by atoms with Crippen molar-refractivity contribution in [1.29, 1.82) is 0 Å². The molecule has 1 aromatic carbocycles. The van der Waals surface area contributed by atoms with Crippen molar-refractivity contribution in [1.82, 2.24) is 15.3 Å². The minimum Gasteiger partial charge on any atom is -0.350 e. The van der Waals surface area contributed by atoms with Gasteiger partial charge in [-0.15, -0.1) is 0 Å². The second-order valence-corrected chi connectivity index (χ2v) is 9.13. The first-order valence-electron chi connectivity index (χ1n) is 10.3. The van der Waals surface area contributed by atoms with Gasteiger partial charge < -0.3 is 5.32 Å². The number of aromatic nitrogens is 2. The fourth-order valence-corrected chi connectivity index (χ4v) is 6.34. The Morgan fingerprint density at radius 3 is 2.41 bits per heavy atom. The molecule has 27 heavy (non-hydrogen) atoms. The average Bonchev–Trinajstić information content (AvgIpc) is 2.65. The zero-order valence-electron chi connectivity index (χ0n) is 15.9. The van der Waals surface area contributed by atoms with E-state index >= 15 is 0 Å². The van der Waals surface area contributed by atoms with Gasteiger partial charge in [0.1, 0.15) is 0 Å². The molecule has 2 aromatic rings. The minimum absolute atomic E-state index is 0.0202. The molecule has 0 aliphatic heterocycles. The number of carbonyl (C=O) groups is 1. The van der Waals surface area contributed by atoms with E-state index in [4.69, 9.17) is 0 Å². The van der Waals surface area contributed by atoms with E-state index in [1.54, 1.807) is 18.3 Å². The van der Waals surface area contributed by atoms with Crippen LogP contribution in [0.2, 0.25) is 0 Å². The predicted octanol–water partition coefficient (Wildman–Crippen LogP) is 4.36. The summed E-state index contributed by atoms with van der Waals surface area (Å²) < 4.78 is 0. The summed E-state index contributed by atoms with van der Waals surface area (Å²) in [5.74, 6) is 2.69. The predicted molar refractivity (Wildman–Crippen MR) is 107 cm³/mol. The first kappa shape index (κ1) is 16.9. The number of benzene rings is 1. The summed E-state index contributed by atoms with van der Waals surface area (Å²) in [4.78, 5) is 21.5. The largest absolute Gasteiger partial charge is 0.350 e. The molecule has 4 aliphatic carbocycles. The van der Waals surface area contributed by atoms with Crippen molar-refractivity contribution in [3.63, 3.8) is 0 Å². The van der Waals surface area contributed by atoms with E-state index in [-0.39, 0.29) is 11.9 Å². The molecule has 1 heterocycles. The second kappa shape index (κ2) is 6.43. The van der Waals surface area contributed by atoms with E-state index in [0.717, 1.165) is 28.8 Å². The van der Waals surface area contributed by atoms with Gasteiger partial charge in [-0.1, -0.05) is 12.1 Å². The van der Waals surface area contributed by atoms with E-state index in [2.05, 4.69) is 22.2 Å². The van der Waals surface area contributed by atoms with Crippen LogP contribution in [-0.2, 0) is 4.79 Å². The molecule has 4 aliphatic rings. The molecule has 0 radical (unpaired) electrons. The lowest BCUT2D eigenvalue weighted by Gasteiger charge is -2.59. The summed E-state index contributed by atoms with van der Waals surface area (Å²) in [6.45, 7) is 2.22. The van der Waals surface area contributed by atoms with E-state index in [9.17, 15) is 4.79 Å². The van der Waals surface area contributed by atoms with Crippen molar-refractivity contribution < 1.29 is 4.79 Å². The summed E-state index contributed by atoms with van der Waals surface area (Å²) in [6.07, 6.45) is 13.3. The fraction of sp³-hybridized carbons (Fsp3) is 0.522. The third-order valence-electron chi connectivity index (χ3n) is 7.24. The number of hydrogen-bond donors (Lipinski definition) is 1. The third kappa shape index (κ3) is 3.15. The maximum atomic E-state index is 12.5. The lowest BCUT2D eigenvalue weighted by Crippen LogP contribution is -2.55. The van der Waals surface area contributed by atoms with Crippen molar-refractivity contribution in [2.24, 2.45) is 23.2 Å². The Kier molecular flexibility index (Phi) is 4.03. The number of nitrogens with zero attached hydrogens (tertiary/aromatic N) is 2. The highest BCUT2D eigenvalue weighted by Crippen LogP contribution is 2.61. The van der Waals surface area contributed by atoms with Gasteiger partial charge >= 0.3 is 0 Å².